The van der Waals surface area contributed by atoms with Gasteiger partial charge in [-0.2, -0.15) is 0 Å². The van der Waals surface area contributed by atoms with Crippen LogP contribution in [-0.2, 0) is 9.53 Å². The van der Waals surface area contributed by atoms with E-state index in [1.807, 2.05) is 13.8 Å². The molecule has 0 radical (unpaired) electrons. The van der Waals surface area contributed by atoms with Gasteiger partial charge in [-0.05, 0) is 39.5 Å². The Labute approximate surface area is 122 Å². The van der Waals surface area contributed by atoms with Crippen molar-refractivity contribution in [1.29, 1.82) is 0 Å². The van der Waals surface area contributed by atoms with Crippen LogP contribution in [0.4, 0.5) is 4.79 Å². The lowest BCUT2D eigenvalue weighted by atomic mass is 10.0. The first-order valence-electron chi connectivity index (χ1n) is 7.43. The fourth-order valence-corrected chi connectivity index (χ4v) is 1.66. The smallest absolute Gasteiger partial charge is 0.408 e. The van der Waals surface area contributed by atoms with Crippen LogP contribution in [-0.4, -0.2) is 30.2 Å². The largest absolute Gasteiger partial charge is 0.444 e. The summed E-state index contributed by atoms with van der Waals surface area (Å²) in [6.07, 6.45) is 2.01. The minimum absolute atomic E-state index is 0.141. The molecule has 0 saturated carbocycles. The Hall–Kier alpha value is -1.26. The molecule has 2 N–H and O–H groups in total. The zero-order valence-electron chi connectivity index (χ0n) is 13.7. The molecule has 0 saturated heterocycles. The number of amides is 2. The molecular weight excluding hydrogens is 256 g/mol. The minimum atomic E-state index is -0.564. The third-order valence-corrected chi connectivity index (χ3v) is 2.54. The molecule has 0 fully saturated rings. The number of hydrogen-bond acceptors (Lipinski definition) is 3. The predicted molar refractivity (Wildman–Crippen MR) is 80.5 cm³/mol. The number of alkyl carbamates (subject to hydrolysis) is 1. The van der Waals surface area contributed by atoms with Crippen molar-refractivity contribution in [3.63, 3.8) is 0 Å². The molecular formula is C15H30N2O3. The Morgan fingerprint density at radius 1 is 1.20 bits per heavy atom. The van der Waals surface area contributed by atoms with E-state index in [1.54, 1.807) is 20.8 Å². The molecule has 1 atom stereocenters. The number of carbonyl (C=O) groups is 2. The molecule has 5 heteroatoms. The van der Waals surface area contributed by atoms with Crippen LogP contribution in [0.1, 0.15) is 60.8 Å². The van der Waals surface area contributed by atoms with Gasteiger partial charge in [0.2, 0.25) is 5.91 Å². The lowest BCUT2D eigenvalue weighted by Crippen LogP contribution is -2.48. The quantitative estimate of drug-likeness (QED) is 0.707. The molecule has 0 heterocycles. The van der Waals surface area contributed by atoms with Gasteiger partial charge in [-0.25, -0.2) is 4.79 Å². The maximum Gasteiger partial charge on any atom is 0.408 e. The van der Waals surface area contributed by atoms with Crippen molar-refractivity contribution in [3.05, 3.63) is 0 Å². The summed E-state index contributed by atoms with van der Waals surface area (Å²) >= 11 is 0. The number of hydrogen-bond donors (Lipinski definition) is 2. The highest BCUT2D eigenvalue weighted by molar-refractivity contribution is 5.85. The Balaban J connectivity index is 4.47. The van der Waals surface area contributed by atoms with E-state index in [1.165, 1.54) is 0 Å². The first-order chi connectivity index (χ1) is 9.15. The van der Waals surface area contributed by atoms with Gasteiger partial charge in [0.1, 0.15) is 11.6 Å². The van der Waals surface area contributed by atoms with E-state index in [-0.39, 0.29) is 5.91 Å². The molecule has 0 unspecified atom stereocenters. The third-order valence-electron chi connectivity index (χ3n) is 2.54. The SMILES string of the molecule is CCCCNC(=O)[C@H](CC(C)C)NC(=O)OC(C)(C)C. The third kappa shape index (κ3) is 9.64. The summed E-state index contributed by atoms with van der Waals surface area (Å²) in [5.41, 5.74) is -0.564. The number of unbranched alkanes of at least 4 members (excludes halogenated alkanes) is 1. The van der Waals surface area contributed by atoms with Crippen LogP contribution in [0.15, 0.2) is 0 Å². The van der Waals surface area contributed by atoms with Crippen molar-refractivity contribution in [2.75, 3.05) is 6.54 Å². The van der Waals surface area contributed by atoms with Gasteiger partial charge in [-0.15, -0.1) is 0 Å². The molecule has 20 heavy (non-hydrogen) atoms. The molecule has 2 amide bonds. The molecule has 0 aliphatic heterocycles. The van der Waals surface area contributed by atoms with Gasteiger partial charge in [0.05, 0.1) is 0 Å². The molecule has 0 aromatic carbocycles. The summed E-state index contributed by atoms with van der Waals surface area (Å²) in [7, 11) is 0. The van der Waals surface area contributed by atoms with Crippen LogP contribution in [0.5, 0.6) is 0 Å². The first-order valence-corrected chi connectivity index (χ1v) is 7.43. The summed E-state index contributed by atoms with van der Waals surface area (Å²) < 4.78 is 5.20. The van der Waals surface area contributed by atoms with Crippen LogP contribution >= 0.6 is 0 Å². The van der Waals surface area contributed by atoms with Crippen LogP contribution in [0.2, 0.25) is 0 Å². The molecule has 0 aliphatic carbocycles. The number of carbonyl (C=O) groups excluding carboxylic acids is 2. The maximum atomic E-state index is 12.1. The molecule has 0 aromatic heterocycles. The zero-order chi connectivity index (χ0) is 15.8. The standard InChI is InChI=1S/C15H30N2O3/c1-7-8-9-16-13(18)12(10-11(2)3)17-14(19)20-15(4,5)6/h11-12H,7-10H2,1-6H3,(H,16,18)(H,17,19)/t12-/m0/s1. The fraction of sp³-hybridized carbons (Fsp3) is 0.867. The zero-order valence-corrected chi connectivity index (χ0v) is 13.7. The Morgan fingerprint density at radius 3 is 2.25 bits per heavy atom. The van der Waals surface area contributed by atoms with Crippen molar-refractivity contribution >= 4 is 12.0 Å². The van der Waals surface area contributed by atoms with E-state index in [0.29, 0.717) is 18.9 Å². The van der Waals surface area contributed by atoms with Crippen molar-refractivity contribution < 1.29 is 14.3 Å². The first kappa shape index (κ1) is 18.7. The normalized spacial score (nSPS) is 12.9. The topological polar surface area (TPSA) is 67.4 Å². The van der Waals surface area contributed by atoms with Crippen molar-refractivity contribution in [3.8, 4) is 0 Å². The average molecular weight is 286 g/mol. The van der Waals surface area contributed by atoms with Crippen LogP contribution < -0.4 is 10.6 Å². The van der Waals surface area contributed by atoms with E-state index >= 15 is 0 Å². The van der Waals surface area contributed by atoms with Crippen molar-refractivity contribution in [1.82, 2.24) is 10.6 Å². The summed E-state index contributed by atoms with van der Waals surface area (Å²) in [6, 6.07) is -0.540. The molecule has 0 aromatic rings. The lowest BCUT2D eigenvalue weighted by molar-refractivity contribution is -0.123. The molecule has 5 nitrogen and oxygen atoms in total. The van der Waals surface area contributed by atoms with E-state index in [9.17, 15) is 9.59 Å². The summed E-state index contributed by atoms with van der Waals surface area (Å²) in [4.78, 5) is 23.8. The number of rotatable bonds is 7. The molecule has 0 spiro atoms. The van der Waals surface area contributed by atoms with Crippen molar-refractivity contribution in [2.24, 2.45) is 5.92 Å². The average Bonchev–Trinajstić information content (AvgIpc) is 2.25. The lowest BCUT2D eigenvalue weighted by Gasteiger charge is -2.24. The van der Waals surface area contributed by atoms with Crippen molar-refractivity contribution in [2.45, 2.75) is 72.4 Å². The van der Waals surface area contributed by atoms with Gasteiger partial charge in [-0.1, -0.05) is 27.2 Å². The minimum Gasteiger partial charge on any atom is -0.444 e. The van der Waals surface area contributed by atoms with Crippen LogP contribution in [0.3, 0.4) is 0 Å². The van der Waals surface area contributed by atoms with E-state index in [4.69, 9.17) is 4.74 Å². The Bertz CT molecular complexity index is 309. The second kappa shape index (κ2) is 8.82. The highest BCUT2D eigenvalue weighted by Gasteiger charge is 2.24. The summed E-state index contributed by atoms with van der Waals surface area (Å²) in [5.74, 6) is 0.171. The van der Waals surface area contributed by atoms with Gasteiger partial charge >= 0.3 is 6.09 Å². The van der Waals surface area contributed by atoms with Gasteiger partial charge in [-0.3, -0.25) is 4.79 Å². The van der Waals surface area contributed by atoms with Gasteiger partial charge in [0.25, 0.3) is 0 Å². The molecule has 118 valence electrons. The van der Waals surface area contributed by atoms with Gasteiger partial charge in [0.15, 0.2) is 0 Å². The van der Waals surface area contributed by atoms with E-state index in [2.05, 4.69) is 17.6 Å². The second-order valence-corrected chi connectivity index (χ2v) is 6.47. The van der Waals surface area contributed by atoms with Gasteiger partial charge < -0.3 is 15.4 Å². The Kier molecular flexibility index (Phi) is 8.26. The van der Waals surface area contributed by atoms with E-state index in [0.717, 1.165) is 12.8 Å². The predicted octanol–water partition coefficient (Wildman–Crippen LogP) is 2.84. The highest BCUT2D eigenvalue weighted by Crippen LogP contribution is 2.09. The highest BCUT2D eigenvalue weighted by atomic mass is 16.6. The molecule has 0 rings (SSSR count). The summed E-state index contributed by atoms with van der Waals surface area (Å²) in [5, 5.41) is 5.51. The second-order valence-electron chi connectivity index (χ2n) is 6.47. The maximum absolute atomic E-state index is 12.1. The Morgan fingerprint density at radius 2 is 1.80 bits per heavy atom. The van der Waals surface area contributed by atoms with Crippen LogP contribution in [0.25, 0.3) is 0 Å². The molecule has 0 bridgehead atoms. The number of nitrogens with one attached hydrogen (secondary N) is 2. The monoisotopic (exact) mass is 286 g/mol. The van der Waals surface area contributed by atoms with Gasteiger partial charge in [0, 0.05) is 6.54 Å². The van der Waals surface area contributed by atoms with Crippen LogP contribution in [0, 0.1) is 5.92 Å². The fourth-order valence-electron chi connectivity index (χ4n) is 1.66. The molecule has 0 aliphatic rings. The van der Waals surface area contributed by atoms with E-state index < -0.39 is 17.7 Å². The summed E-state index contributed by atoms with van der Waals surface area (Å²) in [6.45, 7) is 12.1. The number of ether oxygens (including phenoxy) is 1.